The minimum Gasteiger partial charge on any atom is -0.390 e. The van der Waals surface area contributed by atoms with Gasteiger partial charge in [-0.15, -0.1) is 0 Å². The SMILES string of the molecule is CN=C(N=CN)c1cc(Cl)ccc1CBr. The van der Waals surface area contributed by atoms with Gasteiger partial charge in [0.2, 0.25) is 0 Å². The molecule has 0 bridgehead atoms. The van der Waals surface area contributed by atoms with Crippen molar-refractivity contribution in [1.29, 1.82) is 0 Å². The number of benzene rings is 1. The van der Waals surface area contributed by atoms with E-state index in [0.29, 0.717) is 10.9 Å². The van der Waals surface area contributed by atoms with Gasteiger partial charge in [-0.3, -0.25) is 4.99 Å². The lowest BCUT2D eigenvalue weighted by atomic mass is 10.1. The summed E-state index contributed by atoms with van der Waals surface area (Å²) in [6.07, 6.45) is 1.22. The molecule has 2 N–H and O–H groups in total. The number of alkyl halides is 1. The summed E-state index contributed by atoms with van der Waals surface area (Å²) in [4.78, 5) is 8.04. The molecule has 0 amide bonds. The summed E-state index contributed by atoms with van der Waals surface area (Å²) < 4.78 is 0. The molecule has 15 heavy (non-hydrogen) atoms. The number of hydrogen-bond acceptors (Lipinski definition) is 1. The van der Waals surface area contributed by atoms with Gasteiger partial charge >= 0.3 is 0 Å². The fourth-order valence-electron chi connectivity index (χ4n) is 1.19. The van der Waals surface area contributed by atoms with Gasteiger partial charge in [-0.1, -0.05) is 33.6 Å². The van der Waals surface area contributed by atoms with E-state index in [2.05, 4.69) is 25.9 Å². The third kappa shape index (κ3) is 3.04. The zero-order chi connectivity index (χ0) is 11.3. The summed E-state index contributed by atoms with van der Waals surface area (Å²) >= 11 is 9.32. The maximum Gasteiger partial charge on any atom is 0.156 e. The molecule has 1 aromatic rings. The van der Waals surface area contributed by atoms with Crippen LogP contribution in [0.4, 0.5) is 0 Å². The van der Waals surface area contributed by atoms with Crippen molar-refractivity contribution >= 4 is 39.7 Å². The molecular formula is C10H11BrClN3. The van der Waals surface area contributed by atoms with Crippen LogP contribution >= 0.6 is 27.5 Å². The van der Waals surface area contributed by atoms with E-state index in [1.54, 1.807) is 7.05 Å². The lowest BCUT2D eigenvalue weighted by Gasteiger charge is -2.06. The Labute approximate surface area is 102 Å². The molecule has 5 heteroatoms. The van der Waals surface area contributed by atoms with Gasteiger partial charge in [0.15, 0.2) is 5.84 Å². The van der Waals surface area contributed by atoms with Gasteiger partial charge in [0.25, 0.3) is 0 Å². The van der Waals surface area contributed by atoms with E-state index in [0.717, 1.165) is 16.5 Å². The fraction of sp³-hybridized carbons (Fsp3) is 0.200. The molecule has 0 aliphatic rings. The molecule has 0 saturated heterocycles. The van der Waals surface area contributed by atoms with Gasteiger partial charge in [0.1, 0.15) is 0 Å². The molecule has 0 heterocycles. The summed E-state index contributed by atoms with van der Waals surface area (Å²) in [5, 5.41) is 1.38. The molecule has 0 saturated carbocycles. The van der Waals surface area contributed by atoms with E-state index in [9.17, 15) is 0 Å². The summed E-state index contributed by atoms with van der Waals surface area (Å²) in [6.45, 7) is 0. The van der Waals surface area contributed by atoms with E-state index < -0.39 is 0 Å². The van der Waals surface area contributed by atoms with Crippen molar-refractivity contribution < 1.29 is 0 Å². The molecule has 0 aliphatic carbocycles. The Morgan fingerprint density at radius 2 is 2.33 bits per heavy atom. The standard InChI is InChI=1S/C10H11BrClN3/c1-14-10(15-6-13)9-4-8(12)3-2-7(9)5-11/h2-4,6H,5H2,1H3,(H2,13,14,15). The second kappa shape index (κ2) is 5.88. The molecule has 1 rings (SSSR count). The molecule has 0 aromatic heterocycles. The van der Waals surface area contributed by atoms with E-state index >= 15 is 0 Å². The minimum atomic E-state index is 0.578. The maximum atomic E-state index is 5.92. The van der Waals surface area contributed by atoms with Crippen LogP contribution in [0.5, 0.6) is 0 Å². The number of nitrogens with zero attached hydrogens (tertiary/aromatic N) is 2. The topological polar surface area (TPSA) is 50.7 Å². The lowest BCUT2D eigenvalue weighted by molar-refractivity contribution is 1.34. The Kier molecular flexibility index (Phi) is 4.78. The molecule has 1 aromatic carbocycles. The van der Waals surface area contributed by atoms with Crippen LogP contribution in [0, 0.1) is 0 Å². The first-order valence-electron chi connectivity index (χ1n) is 4.28. The number of amidine groups is 1. The van der Waals surface area contributed by atoms with E-state index in [-0.39, 0.29) is 0 Å². The summed E-state index contributed by atoms with van der Waals surface area (Å²) in [7, 11) is 1.67. The highest BCUT2D eigenvalue weighted by Crippen LogP contribution is 2.19. The van der Waals surface area contributed by atoms with Gasteiger partial charge in [-0.25, -0.2) is 4.99 Å². The number of hydrogen-bond donors (Lipinski definition) is 1. The molecule has 0 radical (unpaired) electrons. The van der Waals surface area contributed by atoms with Gasteiger partial charge in [0.05, 0.1) is 6.34 Å². The zero-order valence-corrected chi connectivity index (χ0v) is 10.6. The highest BCUT2D eigenvalue weighted by atomic mass is 79.9. The zero-order valence-electron chi connectivity index (χ0n) is 8.24. The highest BCUT2D eigenvalue weighted by molar-refractivity contribution is 9.08. The molecule has 3 nitrogen and oxygen atoms in total. The number of aliphatic imine (C=N–C) groups is 2. The van der Waals surface area contributed by atoms with Crippen molar-refractivity contribution in [2.75, 3.05) is 7.05 Å². The van der Waals surface area contributed by atoms with Crippen molar-refractivity contribution in [2.24, 2.45) is 15.7 Å². The van der Waals surface area contributed by atoms with Crippen LogP contribution in [0.3, 0.4) is 0 Å². The molecule has 0 unspecified atom stereocenters. The summed E-state index contributed by atoms with van der Waals surface area (Å²) in [5.74, 6) is 0.578. The Bertz CT molecular complexity index is 402. The monoisotopic (exact) mass is 287 g/mol. The maximum absolute atomic E-state index is 5.92. The van der Waals surface area contributed by atoms with Gasteiger partial charge in [0, 0.05) is 23.0 Å². The molecule has 0 aliphatic heterocycles. The van der Waals surface area contributed by atoms with Crippen molar-refractivity contribution in [3.8, 4) is 0 Å². The van der Waals surface area contributed by atoms with Gasteiger partial charge in [-0.2, -0.15) is 0 Å². The normalized spacial score (nSPS) is 12.3. The average molecular weight is 289 g/mol. The van der Waals surface area contributed by atoms with E-state index in [1.807, 2.05) is 18.2 Å². The number of rotatable bonds is 2. The van der Waals surface area contributed by atoms with Crippen LogP contribution in [-0.4, -0.2) is 19.2 Å². The molecular weight excluding hydrogens is 277 g/mol. The van der Waals surface area contributed by atoms with Gasteiger partial charge in [-0.05, 0) is 17.7 Å². The van der Waals surface area contributed by atoms with E-state index in [4.69, 9.17) is 17.3 Å². The van der Waals surface area contributed by atoms with Gasteiger partial charge < -0.3 is 5.73 Å². The Balaban J connectivity index is 3.26. The Hall–Kier alpha value is -0.870. The summed E-state index contributed by atoms with van der Waals surface area (Å²) in [6, 6.07) is 5.60. The van der Waals surface area contributed by atoms with Crippen molar-refractivity contribution in [1.82, 2.24) is 0 Å². The predicted octanol–water partition coefficient (Wildman–Crippen LogP) is 2.60. The first kappa shape index (κ1) is 12.2. The molecule has 0 spiro atoms. The first-order chi connectivity index (χ1) is 7.22. The smallest absolute Gasteiger partial charge is 0.156 e. The van der Waals surface area contributed by atoms with Crippen molar-refractivity contribution in [3.05, 3.63) is 34.3 Å². The van der Waals surface area contributed by atoms with Crippen molar-refractivity contribution in [3.63, 3.8) is 0 Å². The van der Waals surface area contributed by atoms with Crippen LogP contribution in [0.15, 0.2) is 28.2 Å². The quantitative estimate of drug-likeness (QED) is 0.507. The van der Waals surface area contributed by atoms with Crippen LogP contribution in [0.2, 0.25) is 5.02 Å². The van der Waals surface area contributed by atoms with E-state index in [1.165, 1.54) is 6.34 Å². The largest absolute Gasteiger partial charge is 0.390 e. The fourth-order valence-corrected chi connectivity index (χ4v) is 1.85. The first-order valence-corrected chi connectivity index (χ1v) is 5.78. The predicted molar refractivity (Wildman–Crippen MR) is 69.2 cm³/mol. The van der Waals surface area contributed by atoms with Crippen LogP contribution in [0.1, 0.15) is 11.1 Å². The second-order valence-corrected chi connectivity index (χ2v) is 3.76. The summed E-state index contributed by atoms with van der Waals surface area (Å²) in [5.41, 5.74) is 7.22. The Morgan fingerprint density at radius 3 is 2.87 bits per heavy atom. The molecule has 0 fully saturated rings. The van der Waals surface area contributed by atoms with Crippen molar-refractivity contribution in [2.45, 2.75) is 5.33 Å². The second-order valence-electron chi connectivity index (χ2n) is 2.76. The lowest BCUT2D eigenvalue weighted by Crippen LogP contribution is -2.04. The third-order valence-electron chi connectivity index (χ3n) is 1.87. The molecule has 0 atom stereocenters. The Morgan fingerprint density at radius 1 is 1.60 bits per heavy atom. The number of halogens is 2. The van der Waals surface area contributed by atoms with Crippen LogP contribution in [0.25, 0.3) is 0 Å². The van der Waals surface area contributed by atoms with Crippen LogP contribution in [-0.2, 0) is 5.33 Å². The van der Waals surface area contributed by atoms with Crippen LogP contribution < -0.4 is 5.73 Å². The highest BCUT2D eigenvalue weighted by Gasteiger charge is 2.07. The average Bonchev–Trinajstić information content (AvgIpc) is 2.26. The minimum absolute atomic E-state index is 0.578. The third-order valence-corrected chi connectivity index (χ3v) is 2.70. The molecule has 80 valence electrons. The number of nitrogens with two attached hydrogens (primary N) is 1.